The van der Waals surface area contributed by atoms with Gasteiger partial charge in [-0.05, 0) is 0 Å². The molecule has 0 aliphatic heterocycles. The van der Waals surface area contributed by atoms with Crippen LogP contribution in [0, 0.1) is 0 Å². The fourth-order valence-electron chi connectivity index (χ4n) is 2.97. The third-order valence-corrected chi connectivity index (χ3v) is 4.46. The molecule has 0 aromatic carbocycles. The molecule has 0 rings (SSSR count). The van der Waals surface area contributed by atoms with Gasteiger partial charge in [-0.3, -0.25) is 0 Å². The molecule has 0 bridgehead atoms. The molecular weight excluding hydrogens is 272 g/mol. The molecule has 0 unspecified atom stereocenters. The molecule has 0 atom stereocenters. The first-order valence-corrected chi connectivity index (χ1v) is 9.91. The monoisotopic (exact) mass is 316 g/mol. The summed E-state index contributed by atoms with van der Waals surface area (Å²) in [6, 6.07) is 0. The summed E-state index contributed by atoms with van der Waals surface area (Å²) in [4.78, 5) is 0. The zero-order valence-electron chi connectivity index (χ0n) is 15.2. The lowest BCUT2D eigenvalue weighted by Crippen LogP contribution is -1.83. The Balaban J connectivity index is 0. The molecule has 0 aromatic rings. The van der Waals surface area contributed by atoms with Crippen molar-refractivity contribution in [3.63, 3.8) is 0 Å². The van der Waals surface area contributed by atoms with Crippen LogP contribution in [0.15, 0.2) is 0 Å². The Hall–Kier alpha value is 0.350. The molecule has 0 N–H and O–H groups in total. The van der Waals surface area contributed by atoms with Gasteiger partial charge in [-0.1, -0.05) is 129 Å². The third-order valence-electron chi connectivity index (χ3n) is 4.46. The first-order valence-electron chi connectivity index (χ1n) is 9.91. The van der Waals surface area contributed by atoms with Crippen LogP contribution in [-0.2, 0) is 0 Å². The molecule has 130 valence electrons. The molecule has 0 nitrogen and oxygen atoms in total. The average molecular weight is 317 g/mol. The van der Waals surface area contributed by atoms with Crippen molar-refractivity contribution in [3.05, 3.63) is 0 Å². The Bertz CT molecular complexity index is 138. The Morgan fingerprint density at radius 1 is 0.286 bits per heavy atom. The second-order valence-corrected chi connectivity index (χ2v) is 6.66. The first kappa shape index (κ1) is 23.6. The Morgan fingerprint density at radius 3 is 0.571 bits per heavy atom. The normalized spacial score (nSPS) is 10.6. The minimum atomic E-state index is 0. The molecule has 0 radical (unpaired) electrons. The molecule has 21 heavy (non-hydrogen) atoms. The van der Waals surface area contributed by atoms with Gasteiger partial charge in [-0.25, -0.2) is 0 Å². The molecule has 0 aliphatic rings. The molecule has 0 fully saturated rings. The van der Waals surface area contributed by atoms with Gasteiger partial charge < -0.3 is 0 Å². The van der Waals surface area contributed by atoms with Gasteiger partial charge in [-0.15, -0.1) is 0 Å². The van der Waals surface area contributed by atoms with E-state index in [9.17, 15) is 0 Å². The highest BCUT2D eigenvalue weighted by molar-refractivity contribution is 7.59. The van der Waals surface area contributed by atoms with Crippen molar-refractivity contribution in [1.29, 1.82) is 0 Å². The summed E-state index contributed by atoms with van der Waals surface area (Å²) in [5, 5.41) is 0. The molecular formula is C20H44S. The van der Waals surface area contributed by atoms with Crippen molar-refractivity contribution in [2.45, 2.75) is 129 Å². The number of hydrogen-bond acceptors (Lipinski definition) is 0. The molecule has 0 saturated heterocycles. The minimum Gasteiger partial charge on any atom is -0.197 e. The Kier molecular flexibility index (Phi) is 25.4. The molecule has 1 heteroatoms. The molecule has 0 spiro atoms. The maximum atomic E-state index is 2.30. The Morgan fingerprint density at radius 2 is 0.429 bits per heavy atom. The minimum absolute atomic E-state index is 0. The van der Waals surface area contributed by atoms with E-state index in [0.717, 1.165) is 0 Å². The molecule has 0 aliphatic carbocycles. The summed E-state index contributed by atoms with van der Waals surface area (Å²) < 4.78 is 0. The lowest BCUT2D eigenvalue weighted by atomic mass is 10.0. The van der Waals surface area contributed by atoms with Gasteiger partial charge in [0.1, 0.15) is 0 Å². The SMILES string of the molecule is CCCCCCCCCCCCCCCCCCCC.S. The third kappa shape index (κ3) is 22.8. The van der Waals surface area contributed by atoms with Crippen molar-refractivity contribution in [1.82, 2.24) is 0 Å². The smallest absolute Gasteiger partial charge is 0.0533 e. The summed E-state index contributed by atoms with van der Waals surface area (Å²) in [5.41, 5.74) is 0. The van der Waals surface area contributed by atoms with Gasteiger partial charge in [0.2, 0.25) is 0 Å². The van der Waals surface area contributed by atoms with Crippen LogP contribution in [0.1, 0.15) is 129 Å². The van der Waals surface area contributed by atoms with Crippen molar-refractivity contribution in [2.75, 3.05) is 0 Å². The zero-order valence-corrected chi connectivity index (χ0v) is 16.2. The predicted octanol–water partition coefficient (Wildman–Crippen LogP) is 8.16. The predicted molar refractivity (Wildman–Crippen MR) is 105 cm³/mol. The first-order chi connectivity index (χ1) is 9.91. The summed E-state index contributed by atoms with van der Waals surface area (Å²) in [6.07, 6.45) is 26.4. The summed E-state index contributed by atoms with van der Waals surface area (Å²) in [6.45, 7) is 4.59. The standard InChI is InChI=1S/C20H42.H2S/c1-3-5-7-9-11-13-15-17-19-20-18-16-14-12-10-8-6-4-2;/h3-20H2,1-2H3;1H2. The lowest BCUT2D eigenvalue weighted by molar-refractivity contribution is 0.526. The van der Waals surface area contributed by atoms with Crippen LogP contribution in [0.2, 0.25) is 0 Å². The van der Waals surface area contributed by atoms with Gasteiger partial charge in [0.25, 0.3) is 0 Å². The van der Waals surface area contributed by atoms with Crippen LogP contribution in [0.4, 0.5) is 0 Å². The van der Waals surface area contributed by atoms with Crippen LogP contribution < -0.4 is 0 Å². The lowest BCUT2D eigenvalue weighted by Gasteiger charge is -2.03. The quantitative estimate of drug-likeness (QED) is 0.237. The number of hydrogen-bond donors (Lipinski definition) is 0. The van der Waals surface area contributed by atoms with Crippen LogP contribution >= 0.6 is 13.5 Å². The molecule has 0 aromatic heterocycles. The molecule has 0 amide bonds. The van der Waals surface area contributed by atoms with Crippen LogP contribution in [0.5, 0.6) is 0 Å². The fraction of sp³-hybridized carbons (Fsp3) is 1.00. The number of unbranched alkanes of at least 4 members (excludes halogenated alkanes) is 17. The van der Waals surface area contributed by atoms with Crippen molar-refractivity contribution in [3.8, 4) is 0 Å². The van der Waals surface area contributed by atoms with E-state index in [0.29, 0.717) is 0 Å². The van der Waals surface area contributed by atoms with Gasteiger partial charge in [0.05, 0.1) is 0 Å². The van der Waals surface area contributed by atoms with E-state index in [1.807, 2.05) is 0 Å². The summed E-state index contributed by atoms with van der Waals surface area (Å²) >= 11 is 0. The summed E-state index contributed by atoms with van der Waals surface area (Å²) in [5.74, 6) is 0. The van der Waals surface area contributed by atoms with Crippen LogP contribution in [0.25, 0.3) is 0 Å². The zero-order chi connectivity index (χ0) is 14.7. The highest BCUT2D eigenvalue weighted by Crippen LogP contribution is 2.14. The van der Waals surface area contributed by atoms with E-state index in [1.54, 1.807) is 0 Å². The van der Waals surface area contributed by atoms with E-state index in [2.05, 4.69) is 13.8 Å². The van der Waals surface area contributed by atoms with Gasteiger partial charge >= 0.3 is 0 Å². The summed E-state index contributed by atoms with van der Waals surface area (Å²) in [7, 11) is 0. The highest BCUT2D eigenvalue weighted by atomic mass is 32.1. The topological polar surface area (TPSA) is 0 Å². The largest absolute Gasteiger partial charge is 0.197 e. The van der Waals surface area contributed by atoms with Crippen molar-refractivity contribution >= 4 is 13.5 Å². The molecule has 0 heterocycles. The second-order valence-electron chi connectivity index (χ2n) is 6.66. The maximum absolute atomic E-state index is 2.30. The fourth-order valence-corrected chi connectivity index (χ4v) is 2.97. The van der Waals surface area contributed by atoms with Gasteiger partial charge in [0.15, 0.2) is 0 Å². The molecule has 0 saturated carbocycles. The van der Waals surface area contributed by atoms with Crippen molar-refractivity contribution < 1.29 is 0 Å². The Labute approximate surface area is 143 Å². The van der Waals surface area contributed by atoms with Crippen LogP contribution in [-0.4, -0.2) is 0 Å². The van der Waals surface area contributed by atoms with E-state index in [1.165, 1.54) is 116 Å². The maximum Gasteiger partial charge on any atom is -0.0533 e. The van der Waals surface area contributed by atoms with E-state index in [-0.39, 0.29) is 13.5 Å². The van der Waals surface area contributed by atoms with Crippen LogP contribution in [0.3, 0.4) is 0 Å². The van der Waals surface area contributed by atoms with Gasteiger partial charge in [-0.2, -0.15) is 13.5 Å². The van der Waals surface area contributed by atoms with E-state index in [4.69, 9.17) is 0 Å². The van der Waals surface area contributed by atoms with Gasteiger partial charge in [0, 0.05) is 0 Å². The van der Waals surface area contributed by atoms with Crippen molar-refractivity contribution in [2.24, 2.45) is 0 Å². The van der Waals surface area contributed by atoms with E-state index < -0.39 is 0 Å². The average Bonchev–Trinajstić information content (AvgIpc) is 2.47. The number of rotatable bonds is 17. The second kappa shape index (κ2) is 22.6. The van der Waals surface area contributed by atoms with E-state index >= 15 is 0 Å². The highest BCUT2D eigenvalue weighted by Gasteiger charge is 1.94.